The molecule has 0 saturated carbocycles. The van der Waals surface area contributed by atoms with E-state index in [9.17, 15) is 0 Å². The van der Waals surface area contributed by atoms with Crippen LogP contribution in [0.5, 0.6) is 0 Å². The van der Waals surface area contributed by atoms with Crippen LogP contribution in [-0.2, 0) is 6.54 Å². The van der Waals surface area contributed by atoms with Gasteiger partial charge in [0.1, 0.15) is 0 Å². The van der Waals surface area contributed by atoms with Gasteiger partial charge in [0.25, 0.3) is 0 Å². The van der Waals surface area contributed by atoms with E-state index >= 15 is 0 Å². The first-order chi connectivity index (χ1) is 21.7. The molecule has 4 nitrogen and oxygen atoms in total. The summed E-state index contributed by atoms with van der Waals surface area (Å²) in [6, 6.07) is 50.9. The van der Waals surface area contributed by atoms with E-state index in [2.05, 4.69) is 114 Å². The van der Waals surface area contributed by atoms with Gasteiger partial charge in [0.2, 0.25) is 0 Å². The molecule has 4 N–H and O–H groups in total. The molecule has 0 aliphatic carbocycles. The van der Waals surface area contributed by atoms with E-state index in [4.69, 9.17) is 11.6 Å². The maximum Gasteiger partial charge on any atom is 0.0687 e. The Labute approximate surface area is 260 Å². The first-order valence-electron chi connectivity index (χ1n) is 15.0. The summed E-state index contributed by atoms with van der Waals surface area (Å²) in [4.78, 5) is 0. The van der Waals surface area contributed by atoms with Gasteiger partial charge in [-0.15, -0.1) is 11.3 Å². The summed E-state index contributed by atoms with van der Waals surface area (Å²) in [5.41, 5.74) is 13.8. The topological polar surface area (TPSA) is 60.2 Å². The van der Waals surface area contributed by atoms with Crippen molar-refractivity contribution in [3.63, 3.8) is 0 Å². The average Bonchev–Trinajstić information content (AvgIpc) is 3.60. The van der Waals surface area contributed by atoms with Crippen molar-refractivity contribution in [1.82, 2.24) is 9.58 Å². The number of thiophene rings is 1. The second-order valence-electron chi connectivity index (χ2n) is 11.4. The van der Waals surface area contributed by atoms with Crippen molar-refractivity contribution in [1.29, 1.82) is 0 Å². The number of hydrogen-bond acceptors (Lipinski definition) is 4. The third-order valence-electron chi connectivity index (χ3n) is 8.75. The molecular weight excluding hydrogens is 557 g/mol. The number of hydrazine groups is 1. The van der Waals surface area contributed by atoms with E-state index in [1.54, 1.807) is 0 Å². The zero-order valence-electron chi connectivity index (χ0n) is 24.2. The minimum Gasteiger partial charge on any atom is -0.322 e. The van der Waals surface area contributed by atoms with Crippen LogP contribution in [0.15, 0.2) is 146 Å². The third kappa shape index (κ3) is 4.58. The van der Waals surface area contributed by atoms with Crippen molar-refractivity contribution in [2.45, 2.75) is 18.6 Å². The van der Waals surface area contributed by atoms with E-state index in [1.165, 1.54) is 42.0 Å². The Morgan fingerprint density at radius 2 is 1.23 bits per heavy atom. The fraction of sp³-hybridized carbons (Fsp3) is 0.0769. The number of nitrogens with zero attached hydrogens (tertiary/aromatic N) is 2. The van der Waals surface area contributed by atoms with Gasteiger partial charge in [-0.3, -0.25) is 5.84 Å². The average molecular weight is 589 g/mol. The van der Waals surface area contributed by atoms with Crippen LogP contribution in [0, 0.1) is 0 Å². The van der Waals surface area contributed by atoms with E-state index in [-0.39, 0.29) is 12.1 Å². The normalized spacial score (nSPS) is 13.3. The first kappa shape index (κ1) is 26.8. The van der Waals surface area contributed by atoms with Crippen LogP contribution in [0.1, 0.15) is 28.8 Å². The Morgan fingerprint density at radius 3 is 2.00 bits per heavy atom. The number of aromatic nitrogens is 1. The molecule has 0 aliphatic heterocycles. The highest BCUT2D eigenvalue weighted by atomic mass is 32.1. The molecule has 0 bridgehead atoms. The Balaban J connectivity index is 1.24. The van der Waals surface area contributed by atoms with Crippen molar-refractivity contribution in [2.24, 2.45) is 11.6 Å². The molecule has 8 rings (SSSR count). The largest absolute Gasteiger partial charge is 0.322 e. The summed E-state index contributed by atoms with van der Waals surface area (Å²) < 4.78 is 5.00. The summed E-state index contributed by atoms with van der Waals surface area (Å²) in [5, 5.41) is 7.03. The molecule has 2 heterocycles. The van der Waals surface area contributed by atoms with Crippen molar-refractivity contribution in [3.8, 4) is 5.69 Å². The molecule has 214 valence electrons. The van der Waals surface area contributed by atoms with Crippen molar-refractivity contribution >= 4 is 53.3 Å². The Hall–Kier alpha value is -4.78. The second-order valence-corrected chi connectivity index (χ2v) is 12.5. The van der Waals surface area contributed by atoms with Gasteiger partial charge in [0.05, 0.1) is 23.1 Å². The molecule has 0 spiro atoms. The van der Waals surface area contributed by atoms with Gasteiger partial charge in [-0.25, -0.2) is 5.01 Å². The summed E-state index contributed by atoms with van der Waals surface area (Å²) >= 11 is 1.85. The summed E-state index contributed by atoms with van der Waals surface area (Å²) in [6.07, 6.45) is 0. The Bertz CT molecular complexity index is 2230. The van der Waals surface area contributed by atoms with Crippen LogP contribution in [0.4, 0.5) is 0 Å². The molecule has 1 unspecified atom stereocenters. The molecule has 44 heavy (non-hydrogen) atoms. The highest BCUT2D eigenvalue weighted by molar-refractivity contribution is 7.25. The molecule has 2 atom stereocenters. The molecule has 0 fully saturated rings. The number of para-hydroxylation sites is 1. The maximum absolute atomic E-state index is 6.97. The Morgan fingerprint density at radius 1 is 0.568 bits per heavy atom. The lowest BCUT2D eigenvalue weighted by Crippen LogP contribution is -2.40. The molecule has 5 heteroatoms. The molecule has 0 saturated heterocycles. The minimum absolute atomic E-state index is 0.219. The van der Waals surface area contributed by atoms with Crippen molar-refractivity contribution in [2.75, 3.05) is 0 Å². The molecular formula is C39H32N4S. The van der Waals surface area contributed by atoms with Gasteiger partial charge in [-0.05, 0) is 53.1 Å². The number of benzene rings is 6. The van der Waals surface area contributed by atoms with E-state index in [0.717, 1.165) is 22.4 Å². The molecule has 0 radical (unpaired) electrons. The van der Waals surface area contributed by atoms with Gasteiger partial charge < -0.3 is 10.3 Å². The van der Waals surface area contributed by atoms with Gasteiger partial charge in [0.15, 0.2) is 0 Å². The van der Waals surface area contributed by atoms with Gasteiger partial charge in [0, 0.05) is 43.2 Å². The monoisotopic (exact) mass is 588 g/mol. The smallest absolute Gasteiger partial charge is 0.0687 e. The zero-order valence-corrected chi connectivity index (χ0v) is 25.0. The third-order valence-corrected chi connectivity index (χ3v) is 9.89. The molecule has 6 aromatic carbocycles. The Kier molecular flexibility index (Phi) is 6.74. The molecule has 0 amide bonds. The summed E-state index contributed by atoms with van der Waals surface area (Å²) in [6.45, 7) is 0.589. The van der Waals surface area contributed by atoms with Crippen LogP contribution < -0.4 is 11.6 Å². The minimum atomic E-state index is -0.301. The molecule has 8 aromatic rings. The second kappa shape index (κ2) is 11.1. The van der Waals surface area contributed by atoms with Gasteiger partial charge >= 0.3 is 0 Å². The lowest BCUT2D eigenvalue weighted by molar-refractivity contribution is 0.166. The van der Waals surface area contributed by atoms with Crippen molar-refractivity contribution < 1.29 is 0 Å². The van der Waals surface area contributed by atoms with Crippen LogP contribution in [0.3, 0.4) is 0 Å². The van der Waals surface area contributed by atoms with Gasteiger partial charge in [-0.1, -0.05) is 109 Å². The predicted molar refractivity (Wildman–Crippen MR) is 186 cm³/mol. The fourth-order valence-electron chi connectivity index (χ4n) is 6.64. The van der Waals surface area contributed by atoms with E-state index in [0.29, 0.717) is 6.54 Å². The highest BCUT2D eigenvalue weighted by Crippen LogP contribution is 2.41. The van der Waals surface area contributed by atoms with Crippen LogP contribution in [0.2, 0.25) is 0 Å². The number of hydrogen-bond donors (Lipinski definition) is 2. The lowest BCUT2D eigenvalue weighted by Gasteiger charge is -2.33. The SMILES string of the molecule is NC(c1ccccc1)[C@@H](c1ccc(-n2c3ccccc3c3cc4c(cc32)sc2ccccc24)cc1)N(N)Cc1ccccc1. The van der Waals surface area contributed by atoms with E-state index < -0.39 is 0 Å². The quantitative estimate of drug-likeness (QED) is 0.144. The highest BCUT2D eigenvalue weighted by Gasteiger charge is 2.27. The van der Waals surface area contributed by atoms with E-state index in [1.807, 2.05) is 52.7 Å². The maximum atomic E-state index is 6.97. The number of fused-ring (bicyclic) bond motifs is 6. The van der Waals surface area contributed by atoms with Crippen molar-refractivity contribution in [3.05, 3.63) is 162 Å². The number of rotatable bonds is 7. The standard InChI is InChI=1S/C39H32N4S/c40-38(27-13-5-2-6-14-27)39(42(41)25-26-11-3-1-4-12-26)28-19-21-29(22-20-28)43-34-17-9-7-15-30(34)32-23-33-31-16-8-10-18-36(31)44-37(33)24-35(32)43/h1-24,38-39H,25,40-41H2/t38?,39-/m1/s1. The zero-order chi connectivity index (χ0) is 29.6. The lowest BCUT2D eigenvalue weighted by atomic mass is 9.93. The van der Waals surface area contributed by atoms with Crippen LogP contribution >= 0.6 is 11.3 Å². The molecule has 2 aromatic heterocycles. The van der Waals surface area contributed by atoms with Crippen LogP contribution in [-0.4, -0.2) is 9.58 Å². The first-order valence-corrected chi connectivity index (χ1v) is 15.8. The number of nitrogens with two attached hydrogens (primary N) is 2. The molecule has 0 aliphatic rings. The van der Waals surface area contributed by atoms with Gasteiger partial charge in [-0.2, -0.15) is 0 Å². The predicted octanol–water partition coefficient (Wildman–Crippen LogP) is 9.27. The fourth-order valence-corrected chi connectivity index (χ4v) is 7.76. The van der Waals surface area contributed by atoms with Crippen LogP contribution in [0.25, 0.3) is 47.7 Å². The summed E-state index contributed by atoms with van der Waals surface area (Å²) in [7, 11) is 0. The summed E-state index contributed by atoms with van der Waals surface area (Å²) in [5.74, 6) is 6.84.